The van der Waals surface area contributed by atoms with Crippen LogP contribution < -0.4 is 10.1 Å². The zero-order chi connectivity index (χ0) is 25.7. The Morgan fingerprint density at radius 1 is 1.14 bits per heavy atom. The maximum absolute atomic E-state index is 12.7. The SMILES string of the molecule is CCOC(=O)c1c(NC(=O)CSc2nnc(-c3ccc(OC4CCCC4)cc3)n2CC)sc(C)c1C. The molecule has 1 N–H and O–H groups in total. The summed E-state index contributed by atoms with van der Waals surface area (Å²) >= 11 is 2.70. The standard InChI is InChI=1S/C26H32N4O4S2/c1-5-30-23(18-11-13-20(14-12-18)34-19-9-7-8-10-19)28-29-26(30)35-15-21(31)27-24-22(25(32)33-6-2)16(3)17(4)36-24/h11-14,19H,5-10,15H2,1-4H3,(H,27,31). The number of thioether (sulfide) groups is 1. The van der Waals surface area contributed by atoms with Crippen LogP contribution in [-0.2, 0) is 16.1 Å². The van der Waals surface area contributed by atoms with Crippen molar-refractivity contribution in [3.05, 3.63) is 40.3 Å². The Hall–Kier alpha value is -2.85. The molecule has 36 heavy (non-hydrogen) atoms. The van der Waals surface area contributed by atoms with E-state index in [0.717, 1.165) is 40.4 Å². The molecule has 1 aromatic carbocycles. The summed E-state index contributed by atoms with van der Waals surface area (Å²) in [4.78, 5) is 26.1. The Kier molecular flexibility index (Phi) is 8.68. The number of anilines is 1. The summed E-state index contributed by atoms with van der Waals surface area (Å²) in [6, 6.07) is 7.96. The van der Waals surface area contributed by atoms with Crippen molar-refractivity contribution < 1.29 is 19.1 Å². The number of carbonyl (C=O) groups is 2. The molecular formula is C26H32N4O4S2. The number of hydrogen-bond acceptors (Lipinski definition) is 8. The number of aromatic nitrogens is 3. The third-order valence-corrected chi connectivity index (χ3v) is 8.29. The highest BCUT2D eigenvalue weighted by atomic mass is 32.2. The van der Waals surface area contributed by atoms with Gasteiger partial charge in [-0.25, -0.2) is 4.79 Å². The predicted molar refractivity (Wildman–Crippen MR) is 143 cm³/mol. The summed E-state index contributed by atoms with van der Waals surface area (Å²) < 4.78 is 13.2. The average Bonchev–Trinajstić information content (AvgIpc) is 3.58. The van der Waals surface area contributed by atoms with Crippen molar-refractivity contribution in [2.75, 3.05) is 17.7 Å². The van der Waals surface area contributed by atoms with Crippen molar-refractivity contribution in [2.24, 2.45) is 0 Å². The summed E-state index contributed by atoms with van der Waals surface area (Å²) in [6.07, 6.45) is 5.03. The van der Waals surface area contributed by atoms with Gasteiger partial charge in [-0.15, -0.1) is 21.5 Å². The first-order valence-electron chi connectivity index (χ1n) is 12.3. The minimum absolute atomic E-state index is 0.143. The minimum atomic E-state index is -0.419. The molecule has 0 radical (unpaired) electrons. The van der Waals surface area contributed by atoms with E-state index in [1.807, 2.05) is 49.6 Å². The lowest BCUT2D eigenvalue weighted by molar-refractivity contribution is -0.113. The molecule has 3 aromatic rings. The van der Waals surface area contributed by atoms with E-state index in [4.69, 9.17) is 9.47 Å². The van der Waals surface area contributed by atoms with E-state index in [2.05, 4.69) is 15.5 Å². The van der Waals surface area contributed by atoms with Crippen molar-refractivity contribution in [1.82, 2.24) is 14.8 Å². The number of nitrogens with one attached hydrogen (secondary N) is 1. The minimum Gasteiger partial charge on any atom is -0.490 e. The van der Waals surface area contributed by atoms with Crippen LogP contribution in [0.25, 0.3) is 11.4 Å². The predicted octanol–water partition coefficient (Wildman–Crippen LogP) is 5.87. The molecule has 192 valence electrons. The van der Waals surface area contributed by atoms with Crippen molar-refractivity contribution >= 4 is 40.0 Å². The van der Waals surface area contributed by atoms with Gasteiger partial charge in [-0.1, -0.05) is 11.8 Å². The zero-order valence-corrected chi connectivity index (χ0v) is 22.8. The summed E-state index contributed by atoms with van der Waals surface area (Å²) in [6.45, 7) is 8.52. The smallest absolute Gasteiger partial charge is 0.341 e. The Morgan fingerprint density at radius 2 is 1.86 bits per heavy atom. The maximum Gasteiger partial charge on any atom is 0.341 e. The molecule has 1 aliphatic rings. The molecule has 1 aliphatic carbocycles. The fraction of sp³-hybridized carbons (Fsp3) is 0.462. The van der Waals surface area contributed by atoms with Crippen molar-refractivity contribution in [1.29, 1.82) is 0 Å². The monoisotopic (exact) mass is 528 g/mol. The molecule has 8 nitrogen and oxygen atoms in total. The second-order valence-electron chi connectivity index (χ2n) is 8.64. The largest absolute Gasteiger partial charge is 0.490 e. The summed E-state index contributed by atoms with van der Waals surface area (Å²) in [5.41, 5.74) is 2.21. The summed E-state index contributed by atoms with van der Waals surface area (Å²) in [5, 5.41) is 12.8. The van der Waals surface area contributed by atoms with Gasteiger partial charge in [-0.2, -0.15) is 0 Å². The first kappa shape index (κ1) is 26.2. The van der Waals surface area contributed by atoms with E-state index in [9.17, 15) is 9.59 Å². The van der Waals surface area contributed by atoms with Crippen LogP contribution in [0.2, 0.25) is 0 Å². The average molecular weight is 529 g/mol. The van der Waals surface area contributed by atoms with Crippen LogP contribution in [0.4, 0.5) is 5.00 Å². The molecule has 4 rings (SSSR count). The first-order valence-corrected chi connectivity index (χ1v) is 14.1. The molecule has 0 spiro atoms. The van der Waals surface area contributed by atoms with Crippen molar-refractivity contribution in [2.45, 2.75) is 71.2 Å². The van der Waals surface area contributed by atoms with Crippen LogP contribution in [0.15, 0.2) is 29.4 Å². The van der Waals surface area contributed by atoms with E-state index in [1.165, 1.54) is 35.9 Å². The molecule has 1 amide bonds. The number of benzene rings is 1. The van der Waals surface area contributed by atoms with Gasteiger partial charge < -0.3 is 19.4 Å². The van der Waals surface area contributed by atoms with E-state index in [1.54, 1.807) is 6.92 Å². The summed E-state index contributed by atoms with van der Waals surface area (Å²) in [7, 11) is 0. The van der Waals surface area contributed by atoms with Gasteiger partial charge in [-0.05, 0) is 83.2 Å². The lowest BCUT2D eigenvalue weighted by atomic mass is 10.1. The van der Waals surface area contributed by atoms with Crippen LogP contribution in [0.5, 0.6) is 5.75 Å². The van der Waals surface area contributed by atoms with Crippen LogP contribution >= 0.6 is 23.1 Å². The van der Waals surface area contributed by atoms with Gasteiger partial charge in [0.25, 0.3) is 0 Å². The van der Waals surface area contributed by atoms with Crippen molar-refractivity contribution in [3.8, 4) is 17.1 Å². The topological polar surface area (TPSA) is 95.3 Å². The van der Waals surface area contributed by atoms with E-state index in [0.29, 0.717) is 28.4 Å². The number of nitrogens with zero attached hydrogens (tertiary/aromatic N) is 3. The Labute approximate surface area is 219 Å². The van der Waals surface area contributed by atoms with Gasteiger partial charge in [0.05, 0.1) is 24.0 Å². The number of esters is 1. The number of aryl methyl sites for hydroxylation is 1. The van der Waals surface area contributed by atoms with Gasteiger partial charge in [0.2, 0.25) is 5.91 Å². The van der Waals surface area contributed by atoms with Gasteiger partial charge in [-0.3, -0.25) is 4.79 Å². The summed E-state index contributed by atoms with van der Waals surface area (Å²) in [5.74, 6) is 1.14. The highest BCUT2D eigenvalue weighted by molar-refractivity contribution is 7.99. The third kappa shape index (κ3) is 5.92. The molecule has 0 unspecified atom stereocenters. The number of amides is 1. The highest BCUT2D eigenvalue weighted by Crippen LogP contribution is 2.33. The number of rotatable bonds is 10. The number of thiophene rings is 1. The fourth-order valence-corrected chi connectivity index (χ4v) is 6.10. The molecule has 1 fully saturated rings. The maximum atomic E-state index is 12.7. The van der Waals surface area contributed by atoms with Crippen LogP contribution in [0.1, 0.15) is 60.3 Å². The van der Waals surface area contributed by atoms with Gasteiger partial charge in [0.1, 0.15) is 10.8 Å². The van der Waals surface area contributed by atoms with E-state index >= 15 is 0 Å². The molecule has 1 saturated carbocycles. The normalized spacial score (nSPS) is 13.7. The Bertz CT molecular complexity index is 1210. The molecule has 2 heterocycles. The first-order chi connectivity index (χ1) is 17.4. The number of carbonyl (C=O) groups excluding carboxylic acids is 2. The van der Waals surface area contributed by atoms with Gasteiger partial charge >= 0.3 is 5.97 Å². The van der Waals surface area contributed by atoms with E-state index in [-0.39, 0.29) is 18.3 Å². The lowest BCUT2D eigenvalue weighted by Gasteiger charge is -2.13. The Morgan fingerprint density at radius 3 is 2.53 bits per heavy atom. The van der Waals surface area contributed by atoms with Crippen LogP contribution in [0.3, 0.4) is 0 Å². The Balaban J connectivity index is 1.41. The van der Waals surface area contributed by atoms with E-state index < -0.39 is 5.97 Å². The second kappa shape index (κ2) is 11.9. The molecule has 0 saturated heterocycles. The molecule has 10 heteroatoms. The molecule has 2 aromatic heterocycles. The van der Waals surface area contributed by atoms with Crippen molar-refractivity contribution in [3.63, 3.8) is 0 Å². The highest BCUT2D eigenvalue weighted by Gasteiger charge is 2.23. The zero-order valence-electron chi connectivity index (χ0n) is 21.1. The molecular weight excluding hydrogens is 496 g/mol. The number of ether oxygens (including phenoxy) is 2. The lowest BCUT2D eigenvalue weighted by Crippen LogP contribution is -2.17. The number of hydrogen-bond donors (Lipinski definition) is 1. The molecule has 0 aliphatic heterocycles. The van der Waals surface area contributed by atoms with Gasteiger partial charge in [0, 0.05) is 17.0 Å². The van der Waals surface area contributed by atoms with Gasteiger partial charge in [0.15, 0.2) is 11.0 Å². The third-order valence-electron chi connectivity index (χ3n) is 6.20. The fourth-order valence-electron chi connectivity index (χ4n) is 4.23. The van der Waals surface area contributed by atoms with Crippen LogP contribution in [0, 0.1) is 13.8 Å². The quantitative estimate of drug-likeness (QED) is 0.260. The molecule has 0 bridgehead atoms. The van der Waals surface area contributed by atoms with Crippen LogP contribution in [-0.4, -0.2) is 45.1 Å². The second-order valence-corrected chi connectivity index (χ2v) is 10.8. The molecule has 0 atom stereocenters.